The van der Waals surface area contributed by atoms with E-state index in [1.807, 2.05) is 0 Å². The van der Waals surface area contributed by atoms with Gasteiger partial charge in [0.15, 0.2) is 0 Å². The number of rotatable bonds is 4. The average Bonchev–Trinajstić information content (AvgIpc) is 2.72. The van der Waals surface area contributed by atoms with Crippen molar-refractivity contribution in [2.24, 2.45) is 5.14 Å². The van der Waals surface area contributed by atoms with Gasteiger partial charge in [0.25, 0.3) is 0 Å². The van der Waals surface area contributed by atoms with Crippen molar-refractivity contribution in [1.82, 2.24) is 4.90 Å². The van der Waals surface area contributed by atoms with Gasteiger partial charge >= 0.3 is 0 Å². The monoisotopic (exact) mass is 269 g/mol. The highest BCUT2D eigenvalue weighted by molar-refractivity contribution is 7.89. The zero-order chi connectivity index (χ0) is 13.2. The lowest BCUT2D eigenvalue weighted by Crippen LogP contribution is -2.31. The zero-order valence-corrected chi connectivity index (χ0v) is 11.3. The van der Waals surface area contributed by atoms with Crippen molar-refractivity contribution in [3.63, 3.8) is 0 Å². The Bertz CT molecular complexity index is 499. The van der Waals surface area contributed by atoms with Crippen LogP contribution in [0.2, 0.25) is 0 Å². The summed E-state index contributed by atoms with van der Waals surface area (Å²) in [6.45, 7) is 2.03. The van der Waals surface area contributed by atoms with Crippen molar-refractivity contribution < 1.29 is 8.42 Å². The Kier molecular flexibility index (Phi) is 3.89. The fourth-order valence-corrected chi connectivity index (χ4v) is 2.75. The van der Waals surface area contributed by atoms with Crippen molar-refractivity contribution in [3.05, 3.63) is 24.3 Å². The van der Waals surface area contributed by atoms with Crippen LogP contribution in [0.3, 0.4) is 0 Å². The molecule has 100 valence electrons. The summed E-state index contributed by atoms with van der Waals surface area (Å²) < 4.78 is 22.2. The standard InChI is InChI=1S/C12H19N3O2S/c1-15-8-2-3-11(15)9-14-10-4-6-12(7-5-10)18(13,16)17/h4-7,11,14H,2-3,8-9H2,1H3,(H2,13,16,17). The number of benzene rings is 1. The second kappa shape index (κ2) is 5.26. The maximum atomic E-state index is 11.1. The normalized spacial score (nSPS) is 21.1. The molecule has 3 N–H and O–H groups in total. The molecule has 18 heavy (non-hydrogen) atoms. The molecule has 5 nitrogen and oxygen atoms in total. The van der Waals surface area contributed by atoms with Gasteiger partial charge in [-0.25, -0.2) is 13.6 Å². The Morgan fingerprint density at radius 3 is 2.56 bits per heavy atom. The first-order valence-corrected chi connectivity index (χ1v) is 7.58. The molecular formula is C12H19N3O2S. The minimum absolute atomic E-state index is 0.144. The van der Waals surface area contributed by atoms with Gasteiger partial charge in [-0.3, -0.25) is 0 Å². The van der Waals surface area contributed by atoms with Crippen LogP contribution in [0, 0.1) is 0 Å². The maximum absolute atomic E-state index is 11.1. The summed E-state index contributed by atoms with van der Waals surface area (Å²) in [6, 6.07) is 7.10. The Morgan fingerprint density at radius 2 is 2.06 bits per heavy atom. The van der Waals surface area contributed by atoms with E-state index in [4.69, 9.17) is 5.14 Å². The van der Waals surface area contributed by atoms with Crippen LogP contribution in [0.1, 0.15) is 12.8 Å². The number of nitrogens with two attached hydrogens (primary N) is 1. The molecule has 0 amide bonds. The summed E-state index contributed by atoms with van der Waals surface area (Å²) in [4.78, 5) is 2.48. The molecule has 1 heterocycles. The van der Waals surface area contributed by atoms with Gasteiger partial charge in [0.2, 0.25) is 10.0 Å². The lowest BCUT2D eigenvalue weighted by Gasteiger charge is -2.20. The van der Waals surface area contributed by atoms with E-state index in [-0.39, 0.29) is 4.90 Å². The molecule has 1 atom stereocenters. The van der Waals surface area contributed by atoms with Gasteiger partial charge in [-0.1, -0.05) is 0 Å². The van der Waals surface area contributed by atoms with Crippen LogP contribution < -0.4 is 10.5 Å². The van der Waals surface area contributed by atoms with Gasteiger partial charge in [0.1, 0.15) is 0 Å². The van der Waals surface area contributed by atoms with Gasteiger partial charge in [-0.2, -0.15) is 0 Å². The quantitative estimate of drug-likeness (QED) is 0.849. The highest BCUT2D eigenvalue weighted by atomic mass is 32.2. The smallest absolute Gasteiger partial charge is 0.238 e. The average molecular weight is 269 g/mol. The molecule has 0 aromatic heterocycles. The van der Waals surface area contributed by atoms with Gasteiger partial charge in [0.05, 0.1) is 4.90 Å². The Labute approximate surface area is 108 Å². The molecule has 1 fully saturated rings. The lowest BCUT2D eigenvalue weighted by molar-refractivity contribution is 0.322. The third-order valence-electron chi connectivity index (χ3n) is 3.40. The predicted octanol–water partition coefficient (Wildman–Crippen LogP) is 0.840. The van der Waals surface area contributed by atoms with Crippen molar-refractivity contribution >= 4 is 15.7 Å². The van der Waals surface area contributed by atoms with E-state index in [0.29, 0.717) is 6.04 Å². The molecule has 1 aromatic carbocycles. The largest absolute Gasteiger partial charge is 0.383 e. The molecule has 1 aliphatic heterocycles. The van der Waals surface area contributed by atoms with Crippen LogP contribution in [0.5, 0.6) is 0 Å². The van der Waals surface area contributed by atoms with Crippen LogP contribution in [0.15, 0.2) is 29.2 Å². The molecule has 0 aliphatic carbocycles. The van der Waals surface area contributed by atoms with Crippen LogP contribution in [0.25, 0.3) is 0 Å². The Hall–Kier alpha value is -1.11. The number of sulfonamides is 1. The molecule has 1 saturated heterocycles. The molecule has 2 rings (SSSR count). The van der Waals surface area contributed by atoms with Gasteiger partial charge in [-0.15, -0.1) is 0 Å². The van der Waals surface area contributed by atoms with Crippen molar-refractivity contribution in [3.8, 4) is 0 Å². The van der Waals surface area contributed by atoms with E-state index < -0.39 is 10.0 Å². The number of nitrogens with zero attached hydrogens (tertiary/aromatic N) is 1. The van der Waals surface area contributed by atoms with E-state index in [1.165, 1.54) is 25.0 Å². The summed E-state index contributed by atoms with van der Waals surface area (Å²) in [7, 11) is -1.47. The van der Waals surface area contributed by atoms with Crippen molar-refractivity contribution in [2.45, 2.75) is 23.8 Å². The van der Waals surface area contributed by atoms with Crippen molar-refractivity contribution in [1.29, 1.82) is 0 Å². The number of hydrogen-bond acceptors (Lipinski definition) is 4. The number of primary sulfonamides is 1. The number of hydrogen-bond donors (Lipinski definition) is 2. The second-order valence-corrected chi connectivity index (χ2v) is 6.29. The van der Waals surface area contributed by atoms with E-state index in [1.54, 1.807) is 12.1 Å². The predicted molar refractivity (Wildman–Crippen MR) is 72.0 cm³/mol. The molecular weight excluding hydrogens is 250 g/mol. The number of likely N-dealkylation sites (tertiary alicyclic amines) is 1. The molecule has 1 aliphatic rings. The fourth-order valence-electron chi connectivity index (χ4n) is 2.24. The first-order chi connectivity index (χ1) is 8.47. The first kappa shape index (κ1) is 13.3. The second-order valence-electron chi connectivity index (χ2n) is 4.73. The first-order valence-electron chi connectivity index (χ1n) is 6.04. The van der Waals surface area contributed by atoms with Crippen LogP contribution in [-0.4, -0.2) is 39.5 Å². The van der Waals surface area contributed by atoms with E-state index in [0.717, 1.165) is 18.8 Å². The van der Waals surface area contributed by atoms with Crippen LogP contribution in [-0.2, 0) is 10.0 Å². The number of anilines is 1. The number of nitrogens with one attached hydrogen (secondary N) is 1. The summed E-state index contributed by atoms with van der Waals surface area (Å²) in [5, 5.41) is 8.36. The number of likely N-dealkylation sites (N-methyl/N-ethyl adjacent to an activating group) is 1. The Morgan fingerprint density at radius 1 is 1.39 bits per heavy atom. The molecule has 0 bridgehead atoms. The van der Waals surface area contributed by atoms with Crippen molar-refractivity contribution in [2.75, 3.05) is 25.5 Å². The van der Waals surface area contributed by atoms with E-state index in [9.17, 15) is 8.42 Å². The highest BCUT2D eigenvalue weighted by Gasteiger charge is 2.20. The third kappa shape index (κ3) is 3.22. The fraction of sp³-hybridized carbons (Fsp3) is 0.500. The molecule has 6 heteroatoms. The van der Waals surface area contributed by atoms with Gasteiger partial charge < -0.3 is 10.2 Å². The van der Waals surface area contributed by atoms with Gasteiger partial charge in [0, 0.05) is 18.3 Å². The van der Waals surface area contributed by atoms with Crippen LogP contribution in [0.4, 0.5) is 5.69 Å². The van der Waals surface area contributed by atoms with Crippen LogP contribution >= 0.6 is 0 Å². The van der Waals surface area contributed by atoms with E-state index in [2.05, 4.69) is 17.3 Å². The summed E-state index contributed by atoms with van der Waals surface area (Å²) in [5.41, 5.74) is 0.919. The minimum atomic E-state index is -3.59. The molecule has 0 saturated carbocycles. The summed E-state index contributed by atoms with van der Waals surface area (Å²) in [5.74, 6) is 0. The van der Waals surface area contributed by atoms with E-state index >= 15 is 0 Å². The summed E-state index contributed by atoms with van der Waals surface area (Å²) in [6.07, 6.45) is 2.45. The highest BCUT2D eigenvalue weighted by Crippen LogP contribution is 2.17. The van der Waals surface area contributed by atoms with Gasteiger partial charge in [-0.05, 0) is 50.7 Å². The third-order valence-corrected chi connectivity index (χ3v) is 4.33. The molecule has 1 aromatic rings. The molecule has 1 unspecified atom stereocenters. The maximum Gasteiger partial charge on any atom is 0.238 e. The zero-order valence-electron chi connectivity index (χ0n) is 10.5. The Balaban J connectivity index is 1.94. The topological polar surface area (TPSA) is 75.4 Å². The molecule has 0 radical (unpaired) electrons. The SMILES string of the molecule is CN1CCCC1CNc1ccc(S(N)(=O)=O)cc1. The molecule has 0 spiro atoms. The summed E-state index contributed by atoms with van der Waals surface area (Å²) >= 11 is 0. The minimum Gasteiger partial charge on any atom is -0.383 e. The lowest BCUT2D eigenvalue weighted by atomic mass is 10.2.